The van der Waals surface area contributed by atoms with Gasteiger partial charge in [-0.15, -0.1) is 12.4 Å². The van der Waals surface area contributed by atoms with Crippen LogP contribution in [-0.2, 0) is 9.53 Å². The van der Waals surface area contributed by atoms with Gasteiger partial charge in [0.25, 0.3) is 0 Å². The monoisotopic (exact) mass is 398 g/mol. The standard InChI is InChI=1S/C19H20ClFN2O2.ClH/c20-16-4-2-1-3-15(16)18(12-5-7-13(21)8-6-12)23-19(24)17-10-9-14(11-22)25-17;/h1-8,14,17-18H,9-11,22H2,(H,23,24);1H/t14-,17+,18?;/m1./s1. The number of rotatable bonds is 5. The molecule has 0 aromatic heterocycles. The molecular weight excluding hydrogens is 378 g/mol. The molecule has 3 N–H and O–H groups in total. The van der Waals surface area contributed by atoms with E-state index in [-0.39, 0.29) is 30.2 Å². The minimum absolute atomic E-state index is 0. The van der Waals surface area contributed by atoms with Gasteiger partial charge in [-0.3, -0.25) is 4.79 Å². The van der Waals surface area contributed by atoms with Gasteiger partial charge in [-0.2, -0.15) is 0 Å². The van der Waals surface area contributed by atoms with Crippen molar-refractivity contribution in [1.29, 1.82) is 0 Å². The third-order valence-electron chi connectivity index (χ3n) is 4.37. The van der Waals surface area contributed by atoms with Gasteiger partial charge in [-0.25, -0.2) is 4.39 Å². The Labute approximate surface area is 163 Å². The van der Waals surface area contributed by atoms with Crippen LogP contribution in [0, 0.1) is 5.82 Å². The van der Waals surface area contributed by atoms with E-state index in [1.165, 1.54) is 12.1 Å². The average molecular weight is 399 g/mol. The van der Waals surface area contributed by atoms with Gasteiger partial charge >= 0.3 is 0 Å². The number of nitrogens with one attached hydrogen (secondary N) is 1. The molecule has 0 spiro atoms. The van der Waals surface area contributed by atoms with E-state index in [1.807, 2.05) is 18.2 Å². The van der Waals surface area contributed by atoms with Crippen molar-refractivity contribution in [1.82, 2.24) is 5.32 Å². The van der Waals surface area contributed by atoms with Crippen molar-refractivity contribution < 1.29 is 13.9 Å². The first-order chi connectivity index (χ1) is 12.1. The van der Waals surface area contributed by atoms with Gasteiger partial charge < -0.3 is 15.8 Å². The molecule has 0 saturated carbocycles. The Morgan fingerprint density at radius 1 is 1.23 bits per heavy atom. The predicted molar refractivity (Wildman–Crippen MR) is 102 cm³/mol. The topological polar surface area (TPSA) is 64.4 Å². The van der Waals surface area contributed by atoms with Crippen molar-refractivity contribution in [3.05, 3.63) is 70.5 Å². The summed E-state index contributed by atoms with van der Waals surface area (Å²) in [6.45, 7) is 0.398. The quantitative estimate of drug-likeness (QED) is 0.808. The Balaban J connectivity index is 0.00000243. The summed E-state index contributed by atoms with van der Waals surface area (Å²) in [5, 5.41) is 3.52. The number of carbonyl (C=O) groups excluding carboxylic acids is 1. The van der Waals surface area contributed by atoms with Gasteiger partial charge in [0.2, 0.25) is 5.91 Å². The summed E-state index contributed by atoms with van der Waals surface area (Å²) < 4.78 is 18.9. The fourth-order valence-electron chi connectivity index (χ4n) is 3.01. The molecule has 26 heavy (non-hydrogen) atoms. The number of nitrogens with two attached hydrogens (primary N) is 1. The van der Waals surface area contributed by atoms with Crippen LogP contribution >= 0.6 is 24.0 Å². The normalized spacial score (nSPS) is 20.3. The second-order valence-corrected chi connectivity index (χ2v) is 6.48. The summed E-state index contributed by atoms with van der Waals surface area (Å²) in [6.07, 6.45) is 0.785. The molecule has 1 saturated heterocycles. The number of carbonyl (C=O) groups is 1. The van der Waals surface area contributed by atoms with Crippen LogP contribution < -0.4 is 11.1 Å². The Bertz CT molecular complexity index is 743. The SMILES string of the molecule is Cl.NC[C@H]1CC[C@@H](C(=O)NC(c2ccc(F)cc2)c2ccccc2Cl)O1. The first kappa shape index (κ1) is 20.6. The van der Waals surface area contributed by atoms with Crippen molar-refractivity contribution in [2.24, 2.45) is 5.73 Å². The van der Waals surface area contributed by atoms with Crippen molar-refractivity contribution in [3.8, 4) is 0 Å². The lowest BCUT2D eigenvalue weighted by molar-refractivity contribution is -0.132. The van der Waals surface area contributed by atoms with Gasteiger partial charge in [0.15, 0.2) is 0 Å². The highest BCUT2D eigenvalue weighted by atomic mass is 35.5. The van der Waals surface area contributed by atoms with Gasteiger partial charge in [-0.05, 0) is 42.2 Å². The summed E-state index contributed by atoms with van der Waals surface area (Å²) in [5.41, 5.74) is 7.10. The highest BCUT2D eigenvalue weighted by Gasteiger charge is 2.31. The lowest BCUT2D eigenvalue weighted by Gasteiger charge is -2.23. The maximum atomic E-state index is 13.3. The maximum absolute atomic E-state index is 13.3. The minimum Gasteiger partial charge on any atom is -0.364 e. The van der Waals surface area contributed by atoms with Crippen LogP contribution in [0.4, 0.5) is 4.39 Å². The van der Waals surface area contributed by atoms with Crippen molar-refractivity contribution in [2.45, 2.75) is 31.1 Å². The van der Waals surface area contributed by atoms with Crippen LogP contribution in [0.25, 0.3) is 0 Å². The van der Waals surface area contributed by atoms with E-state index >= 15 is 0 Å². The molecule has 4 nitrogen and oxygen atoms in total. The highest BCUT2D eigenvalue weighted by molar-refractivity contribution is 6.31. The van der Waals surface area contributed by atoms with Crippen molar-refractivity contribution in [2.75, 3.05) is 6.54 Å². The van der Waals surface area contributed by atoms with E-state index < -0.39 is 12.1 Å². The fraction of sp³-hybridized carbons (Fsp3) is 0.316. The maximum Gasteiger partial charge on any atom is 0.249 e. The summed E-state index contributed by atoms with van der Waals surface area (Å²) in [6, 6.07) is 12.8. The van der Waals surface area contributed by atoms with E-state index in [2.05, 4.69) is 5.32 Å². The highest BCUT2D eigenvalue weighted by Crippen LogP contribution is 2.29. The smallest absolute Gasteiger partial charge is 0.249 e. The van der Waals surface area contributed by atoms with E-state index in [0.29, 0.717) is 18.0 Å². The van der Waals surface area contributed by atoms with Crippen LogP contribution in [0.5, 0.6) is 0 Å². The number of ether oxygens (including phenoxy) is 1. The molecule has 140 valence electrons. The fourth-order valence-corrected chi connectivity index (χ4v) is 3.26. The molecule has 1 aliphatic rings. The van der Waals surface area contributed by atoms with E-state index in [4.69, 9.17) is 22.1 Å². The van der Waals surface area contributed by atoms with Crippen LogP contribution in [0.2, 0.25) is 5.02 Å². The molecule has 2 aromatic carbocycles. The Hall–Kier alpha value is -1.66. The van der Waals surface area contributed by atoms with Gasteiger partial charge in [0, 0.05) is 11.6 Å². The van der Waals surface area contributed by atoms with Gasteiger partial charge in [0.05, 0.1) is 12.1 Å². The molecule has 3 rings (SSSR count). The molecule has 0 radical (unpaired) electrons. The van der Waals surface area contributed by atoms with Crippen LogP contribution in [0.15, 0.2) is 48.5 Å². The summed E-state index contributed by atoms with van der Waals surface area (Å²) in [4.78, 5) is 12.6. The molecule has 2 aromatic rings. The van der Waals surface area contributed by atoms with E-state index in [1.54, 1.807) is 18.2 Å². The number of benzene rings is 2. The Morgan fingerprint density at radius 3 is 2.54 bits per heavy atom. The zero-order chi connectivity index (χ0) is 17.8. The second kappa shape index (κ2) is 9.33. The largest absolute Gasteiger partial charge is 0.364 e. The lowest BCUT2D eigenvalue weighted by atomic mass is 9.98. The van der Waals surface area contributed by atoms with Crippen LogP contribution in [0.3, 0.4) is 0 Å². The van der Waals surface area contributed by atoms with Crippen LogP contribution in [0.1, 0.15) is 30.0 Å². The second-order valence-electron chi connectivity index (χ2n) is 6.07. The molecule has 1 amide bonds. The average Bonchev–Trinajstić information content (AvgIpc) is 3.10. The van der Waals surface area contributed by atoms with Crippen LogP contribution in [-0.4, -0.2) is 24.7 Å². The van der Waals surface area contributed by atoms with Gasteiger partial charge in [0.1, 0.15) is 11.9 Å². The first-order valence-corrected chi connectivity index (χ1v) is 8.62. The summed E-state index contributed by atoms with van der Waals surface area (Å²) >= 11 is 6.32. The molecule has 7 heteroatoms. The summed E-state index contributed by atoms with van der Waals surface area (Å²) in [7, 11) is 0. The number of halogens is 3. The molecule has 1 heterocycles. The lowest BCUT2D eigenvalue weighted by Crippen LogP contribution is -2.38. The zero-order valence-electron chi connectivity index (χ0n) is 14.0. The summed E-state index contributed by atoms with van der Waals surface area (Å²) in [5.74, 6) is -0.553. The Morgan fingerprint density at radius 2 is 1.92 bits per heavy atom. The van der Waals surface area contributed by atoms with Crippen molar-refractivity contribution in [3.63, 3.8) is 0 Å². The van der Waals surface area contributed by atoms with E-state index in [9.17, 15) is 9.18 Å². The third-order valence-corrected chi connectivity index (χ3v) is 4.71. The predicted octanol–water partition coefficient (Wildman–Crippen LogP) is 3.61. The molecule has 0 bridgehead atoms. The van der Waals surface area contributed by atoms with E-state index in [0.717, 1.165) is 17.5 Å². The van der Waals surface area contributed by atoms with Crippen molar-refractivity contribution >= 4 is 29.9 Å². The molecule has 0 aliphatic carbocycles. The molecule has 1 fully saturated rings. The molecule has 3 atom stereocenters. The number of hydrogen-bond donors (Lipinski definition) is 2. The minimum atomic E-state index is -0.529. The van der Waals surface area contributed by atoms with Gasteiger partial charge in [-0.1, -0.05) is 41.9 Å². The molecule has 1 aliphatic heterocycles. The molecule has 1 unspecified atom stereocenters. The third kappa shape index (κ3) is 4.74. The number of amides is 1. The molecular formula is C19H21Cl2FN2O2. The number of hydrogen-bond acceptors (Lipinski definition) is 3. The first-order valence-electron chi connectivity index (χ1n) is 8.24. The Kier molecular flexibility index (Phi) is 7.41. The zero-order valence-corrected chi connectivity index (χ0v) is 15.6.